The number of hydrogen-bond acceptors (Lipinski definition) is 4. The molecule has 0 atom stereocenters. The van der Waals surface area contributed by atoms with Gasteiger partial charge in [-0.2, -0.15) is 0 Å². The van der Waals surface area contributed by atoms with Crippen molar-refractivity contribution >= 4 is 10.0 Å². The first-order valence-corrected chi connectivity index (χ1v) is 8.42. The fourth-order valence-corrected chi connectivity index (χ4v) is 3.01. The fraction of sp³-hybridized carbons (Fsp3) is 0.571. The third kappa shape index (κ3) is 6.09. The van der Waals surface area contributed by atoms with Gasteiger partial charge >= 0.3 is 0 Å². The summed E-state index contributed by atoms with van der Waals surface area (Å²) >= 11 is 0. The highest BCUT2D eigenvalue weighted by Gasteiger charge is 2.15. The molecule has 120 valence electrons. The Bertz CT molecular complexity index is 547. The summed E-state index contributed by atoms with van der Waals surface area (Å²) in [5.41, 5.74) is 0.341. The lowest BCUT2D eigenvalue weighted by Crippen LogP contribution is -2.26. The van der Waals surface area contributed by atoms with E-state index in [-0.39, 0.29) is 11.4 Å². The van der Waals surface area contributed by atoms with Crippen molar-refractivity contribution in [3.05, 3.63) is 29.6 Å². The van der Waals surface area contributed by atoms with Crippen molar-refractivity contribution < 1.29 is 12.8 Å². The average Bonchev–Trinajstić information content (AvgIpc) is 2.40. The first-order valence-electron chi connectivity index (χ1n) is 6.94. The highest BCUT2D eigenvalue weighted by molar-refractivity contribution is 7.89. The predicted octanol–water partition coefficient (Wildman–Crippen LogP) is 1.17. The molecule has 0 aliphatic rings. The molecule has 0 bridgehead atoms. The van der Waals surface area contributed by atoms with Gasteiger partial charge < -0.3 is 10.2 Å². The number of benzene rings is 1. The average molecular weight is 317 g/mol. The number of unbranched alkanes of at least 4 members (excludes halogenated alkanes) is 1. The Morgan fingerprint density at radius 2 is 1.95 bits per heavy atom. The lowest BCUT2D eigenvalue weighted by atomic mass is 10.2. The van der Waals surface area contributed by atoms with Crippen molar-refractivity contribution in [1.29, 1.82) is 0 Å². The van der Waals surface area contributed by atoms with Gasteiger partial charge in [-0.25, -0.2) is 17.5 Å². The summed E-state index contributed by atoms with van der Waals surface area (Å²) in [6, 6.07) is 3.85. The lowest BCUT2D eigenvalue weighted by molar-refractivity contribution is 0.394. The SMILES string of the molecule is CNCc1cc(S(=O)(=O)NCCCCN(C)C)ccc1F. The van der Waals surface area contributed by atoms with E-state index in [1.165, 1.54) is 18.2 Å². The minimum atomic E-state index is -3.58. The third-order valence-electron chi connectivity index (χ3n) is 3.02. The molecule has 0 radical (unpaired) electrons. The number of sulfonamides is 1. The smallest absolute Gasteiger partial charge is 0.240 e. The Balaban J connectivity index is 2.63. The molecule has 0 amide bonds. The molecule has 0 saturated heterocycles. The molecule has 0 aliphatic carbocycles. The van der Waals surface area contributed by atoms with Crippen LogP contribution in [0.25, 0.3) is 0 Å². The van der Waals surface area contributed by atoms with E-state index >= 15 is 0 Å². The van der Waals surface area contributed by atoms with Crippen LogP contribution in [0, 0.1) is 5.82 Å². The maximum atomic E-state index is 13.5. The maximum Gasteiger partial charge on any atom is 0.240 e. The van der Waals surface area contributed by atoms with Crippen molar-refractivity contribution in [3.63, 3.8) is 0 Å². The first kappa shape index (κ1) is 18.0. The molecule has 7 heteroatoms. The molecule has 0 fully saturated rings. The molecule has 5 nitrogen and oxygen atoms in total. The van der Waals surface area contributed by atoms with Gasteiger partial charge in [0.15, 0.2) is 0 Å². The van der Waals surface area contributed by atoms with E-state index in [0.717, 1.165) is 19.4 Å². The second-order valence-corrected chi connectivity index (χ2v) is 6.96. The van der Waals surface area contributed by atoms with Gasteiger partial charge in [0, 0.05) is 18.7 Å². The molecule has 0 spiro atoms. The normalized spacial score (nSPS) is 12.0. The second kappa shape index (κ2) is 8.43. The lowest BCUT2D eigenvalue weighted by Gasteiger charge is -2.11. The van der Waals surface area contributed by atoms with Gasteiger partial charge in [0.2, 0.25) is 10.0 Å². The zero-order valence-electron chi connectivity index (χ0n) is 12.8. The van der Waals surface area contributed by atoms with Crippen molar-refractivity contribution in [1.82, 2.24) is 14.9 Å². The van der Waals surface area contributed by atoms with Crippen LogP contribution in [0.3, 0.4) is 0 Å². The molecular weight excluding hydrogens is 293 g/mol. The number of hydrogen-bond donors (Lipinski definition) is 2. The van der Waals surface area contributed by atoms with Gasteiger partial charge in [0.1, 0.15) is 5.82 Å². The summed E-state index contributed by atoms with van der Waals surface area (Å²) in [6.45, 7) is 1.59. The van der Waals surface area contributed by atoms with E-state index in [1.807, 2.05) is 14.1 Å². The topological polar surface area (TPSA) is 61.4 Å². The Morgan fingerprint density at radius 3 is 2.57 bits per heavy atom. The number of nitrogens with one attached hydrogen (secondary N) is 2. The van der Waals surface area contributed by atoms with Gasteiger partial charge in [0.25, 0.3) is 0 Å². The van der Waals surface area contributed by atoms with Crippen molar-refractivity contribution in [3.8, 4) is 0 Å². The summed E-state index contributed by atoms with van der Waals surface area (Å²) in [4.78, 5) is 2.15. The van der Waals surface area contributed by atoms with Gasteiger partial charge in [-0.15, -0.1) is 0 Å². The highest BCUT2D eigenvalue weighted by Crippen LogP contribution is 2.15. The van der Waals surface area contributed by atoms with E-state index < -0.39 is 15.8 Å². The molecule has 0 aliphatic heterocycles. The maximum absolute atomic E-state index is 13.5. The van der Waals surface area contributed by atoms with Crippen molar-refractivity contribution in [2.75, 3.05) is 34.2 Å². The summed E-state index contributed by atoms with van der Waals surface area (Å²) in [5, 5.41) is 2.81. The van der Waals surface area contributed by atoms with E-state index in [1.54, 1.807) is 7.05 Å². The van der Waals surface area contributed by atoms with E-state index in [9.17, 15) is 12.8 Å². The Kier molecular flexibility index (Phi) is 7.24. The van der Waals surface area contributed by atoms with Crippen molar-refractivity contribution in [2.24, 2.45) is 0 Å². The summed E-state index contributed by atoms with van der Waals surface area (Å²) in [5.74, 6) is -0.408. The number of nitrogens with zero attached hydrogens (tertiary/aromatic N) is 1. The Morgan fingerprint density at radius 1 is 1.24 bits per heavy atom. The van der Waals surface area contributed by atoms with Gasteiger partial charge in [-0.3, -0.25) is 0 Å². The number of rotatable bonds is 9. The fourth-order valence-electron chi connectivity index (χ4n) is 1.89. The van der Waals surface area contributed by atoms with Crippen LogP contribution in [0.1, 0.15) is 18.4 Å². The zero-order chi connectivity index (χ0) is 15.9. The Labute approximate surface area is 126 Å². The zero-order valence-corrected chi connectivity index (χ0v) is 13.6. The monoisotopic (exact) mass is 317 g/mol. The van der Waals surface area contributed by atoms with Crippen molar-refractivity contribution in [2.45, 2.75) is 24.3 Å². The molecule has 21 heavy (non-hydrogen) atoms. The molecule has 0 saturated carbocycles. The molecule has 2 N–H and O–H groups in total. The van der Waals surface area contributed by atoms with E-state index in [0.29, 0.717) is 12.1 Å². The van der Waals surface area contributed by atoms with Crippen LogP contribution in [-0.2, 0) is 16.6 Å². The minimum Gasteiger partial charge on any atom is -0.316 e. The van der Waals surface area contributed by atoms with Crippen LogP contribution in [-0.4, -0.2) is 47.6 Å². The first-order chi connectivity index (χ1) is 9.86. The standard InChI is InChI=1S/C14H24FN3O2S/c1-16-11-12-10-13(6-7-14(12)15)21(19,20)17-8-4-5-9-18(2)3/h6-7,10,16-17H,4-5,8-9,11H2,1-3H3. The quantitative estimate of drug-likeness (QED) is 0.671. The van der Waals surface area contributed by atoms with Crippen LogP contribution in [0.4, 0.5) is 4.39 Å². The Hall–Kier alpha value is -1.02. The van der Waals surface area contributed by atoms with Gasteiger partial charge in [-0.05, 0) is 58.7 Å². The molecule has 0 aromatic heterocycles. The molecule has 1 aromatic carbocycles. The second-order valence-electron chi connectivity index (χ2n) is 5.19. The van der Waals surface area contributed by atoms with Crippen LogP contribution in [0.15, 0.2) is 23.1 Å². The summed E-state index contributed by atoms with van der Waals surface area (Å²) < 4.78 is 40.3. The largest absolute Gasteiger partial charge is 0.316 e. The molecular formula is C14H24FN3O2S. The van der Waals surface area contributed by atoms with Crippen LogP contribution in [0.5, 0.6) is 0 Å². The summed E-state index contributed by atoms with van der Waals surface area (Å²) in [7, 11) is 2.06. The predicted molar refractivity (Wildman–Crippen MR) is 82.1 cm³/mol. The molecule has 1 aromatic rings. The summed E-state index contributed by atoms with van der Waals surface area (Å²) in [6.07, 6.45) is 1.69. The van der Waals surface area contributed by atoms with Crippen LogP contribution < -0.4 is 10.0 Å². The van der Waals surface area contributed by atoms with Crippen LogP contribution >= 0.6 is 0 Å². The molecule has 0 heterocycles. The van der Waals surface area contributed by atoms with Gasteiger partial charge in [0.05, 0.1) is 4.90 Å². The minimum absolute atomic E-state index is 0.0989. The molecule has 0 unspecified atom stereocenters. The van der Waals surface area contributed by atoms with E-state index in [4.69, 9.17) is 0 Å². The number of halogens is 1. The highest BCUT2D eigenvalue weighted by atomic mass is 32.2. The van der Waals surface area contributed by atoms with Gasteiger partial charge in [-0.1, -0.05) is 0 Å². The van der Waals surface area contributed by atoms with Crippen LogP contribution in [0.2, 0.25) is 0 Å². The third-order valence-corrected chi connectivity index (χ3v) is 4.48. The molecule has 1 rings (SSSR count). The van der Waals surface area contributed by atoms with E-state index in [2.05, 4.69) is 14.9 Å².